The smallest absolute Gasteiger partial charge is 0.277 e. The Balaban J connectivity index is 1.66. The van der Waals surface area contributed by atoms with E-state index in [0.717, 1.165) is 18.7 Å². The van der Waals surface area contributed by atoms with E-state index in [1.54, 1.807) is 24.0 Å². The number of para-hydroxylation sites is 1. The van der Waals surface area contributed by atoms with Gasteiger partial charge in [0.15, 0.2) is 0 Å². The molecule has 0 bridgehead atoms. The second-order valence-corrected chi connectivity index (χ2v) is 6.69. The van der Waals surface area contributed by atoms with Gasteiger partial charge in [0.25, 0.3) is 5.91 Å². The molecule has 4 rings (SSSR count). The number of anilines is 1. The number of hydrogen-bond donors (Lipinski definition) is 0. The van der Waals surface area contributed by atoms with Crippen LogP contribution in [0.3, 0.4) is 0 Å². The molecule has 24 heavy (non-hydrogen) atoms. The SMILES string of the molecule is C[C@@H]1CCN(C(=O)c2csc(-c3cnccn3)n2)c2ccccc21. The molecular formula is C18H16N4OS. The summed E-state index contributed by atoms with van der Waals surface area (Å²) < 4.78 is 0. The molecule has 2 aromatic heterocycles. The van der Waals surface area contributed by atoms with Crippen LogP contribution in [-0.2, 0) is 0 Å². The number of benzene rings is 1. The fourth-order valence-corrected chi connectivity index (χ4v) is 3.75. The van der Waals surface area contributed by atoms with Gasteiger partial charge in [0.1, 0.15) is 16.4 Å². The molecule has 0 aliphatic carbocycles. The Hall–Kier alpha value is -2.60. The van der Waals surface area contributed by atoms with Gasteiger partial charge in [-0.15, -0.1) is 11.3 Å². The van der Waals surface area contributed by atoms with E-state index in [9.17, 15) is 4.79 Å². The molecule has 0 fully saturated rings. The van der Waals surface area contributed by atoms with Crippen LogP contribution in [0.25, 0.3) is 10.7 Å². The number of rotatable bonds is 2. The fraction of sp³-hybridized carbons (Fsp3) is 0.222. The van der Waals surface area contributed by atoms with Gasteiger partial charge in [-0.05, 0) is 24.0 Å². The zero-order valence-electron chi connectivity index (χ0n) is 13.2. The minimum atomic E-state index is -0.0549. The molecule has 0 unspecified atom stereocenters. The molecule has 0 spiro atoms. The van der Waals surface area contributed by atoms with Crippen LogP contribution in [0, 0.1) is 0 Å². The Labute approximate surface area is 144 Å². The van der Waals surface area contributed by atoms with Crippen LogP contribution in [-0.4, -0.2) is 27.4 Å². The normalized spacial score (nSPS) is 16.7. The van der Waals surface area contributed by atoms with Crippen molar-refractivity contribution in [2.75, 3.05) is 11.4 Å². The highest BCUT2D eigenvalue weighted by Gasteiger charge is 2.28. The summed E-state index contributed by atoms with van der Waals surface area (Å²) in [5.74, 6) is 0.413. The molecule has 1 aromatic carbocycles. The van der Waals surface area contributed by atoms with E-state index in [1.165, 1.54) is 16.9 Å². The molecular weight excluding hydrogens is 320 g/mol. The summed E-state index contributed by atoms with van der Waals surface area (Å²) in [5.41, 5.74) is 3.37. The van der Waals surface area contributed by atoms with E-state index in [1.807, 2.05) is 23.1 Å². The van der Waals surface area contributed by atoms with Crippen LogP contribution in [0.1, 0.15) is 35.3 Å². The maximum atomic E-state index is 12.9. The lowest BCUT2D eigenvalue weighted by Gasteiger charge is -2.32. The molecule has 0 saturated heterocycles. The van der Waals surface area contributed by atoms with Gasteiger partial charge < -0.3 is 4.90 Å². The summed E-state index contributed by atoms with van der Waals surface area (Å²) in [5, 5.41) is 2.51. The topological polar surface area (TPSA) is 59.0 Å². The minimum absolute atomic E-state index is 0.0549. The largest absolute Gasteiger partial charge is 0.307 e. The van der Waals surface area contributed by atoms with Crippen molar-refractivity contribution in [3.05, 3.63) is 59.5 Å². The Bertz CT molecular complexity index is 877. The Morgan fingerprint density at radius 2 is 2.17 bits per heavy atom. The highest BCUT2D eigenvalue weighted by Crippen LogP contribution is 2.35. The lowest BCUT2D eigenvalue weighted by atomic mass is 9.91. The third kappa shape index (κ3) is 2.59. The number of aromatic nitrogens is 3. The van der Waals surface area contributed by atoms with Crippen molar-refractivity contribution >= 4 is 22.9 Å². The second kappa shape index (κ2) is 6.13. The third-order valence-electron chi connectivity index (χ3n) is 4.29. The summed E-state index contributed by atoms with van der Waals surface area (Å²) in [4.78, 5) is 27.6. The van der Waals surface area contributed by atoms with Crippen molar-refractivity contribution in [1.29, 1.82) is 0 Å². The van der Waals surface area contributed by atoms with Gasteiger partial charge in [-0.1, -0.05) is 25.1 Å². The lowest BCUT2D eigenvalue weighted by Crippen LogP contribution is -2.36. The molecule has 0 saturated carbocycles. The van der Waals surface area contributed by atoms with Crippen molar-refractivity contribution in [2.24, 2.45) is 0 Å². The molecule has 3 aromatic rings. The highest BCUT2D eigenvalue weighted by molar-refractivity contribution is 7.13. The maximum absolute atomic E-state index is 12.9. The summed E-state index contributed by atoms with van der Waals surface area (Å²) in [6, 6.07) is 8.12. The number of hydrogen-bond acceptors (Lipinski definition) is 5. The van der Waals surface area contributed by atoms with Crippen LogP contribution in [0.2, 0.25) is 0 Å². The number of carbonyl (C=O) groups is 1. The summed E-state index contributed by atoms with van der Waals surface area (Å²) in [7, 11) is 0. The molecule has 120 valence electrons. The lowest BCUT2D eigenvalue weighted by molar-refractivity contribution is 0.0980. The first kappa shape index (κ1) is 15.0. The second-order valence-electron chi connectivity index (χ2n) is 5.83. The van der Waals surface area contributed by atoms with Crippen molar-refractivity contribution in [3.8, 4) is 10.7 Å². The molecule has 6 heteroatoms. The van der Waals surface area contributed by atoms with E-state index >= 15 is 0 Å². The number of nitrogens with zero attached hydrogens (tertiary/aromatic N) is 4. The zero-order valence-corrected chi connectivity index (χ0v) is 14.0. The van der Waals surface area contributed by atoms with Crippen molar-refractivity contribution in [1.82, 2.24) is 15.0 Å². The van der Waals surface area contributed by atoms with Crippen LogP contribution >= 0.6 is 11.3 Å². The quantitative estimate of drug-likeness (QED) is 0.715. The van der Waals surface area contributed by atoms with Gasteiger partial charge >= 0.3 is 0 Å². The first-order valence-electron chi connectivity index (χ1n) is 7.87. The van der Waals surface area contributed by atoms with Crippen LogP contribution in [0.15, 0.2) is 48.2 Å². The van der Waals surface area contributed by atoms with Gasteiger partial charge in [-0.25, -0.2) is 4.98 Å². The molecule has 1 aliphatic heterocycles. The first-order valence-corrected chi connectivity index (χ1v) is 8.74. The summed E-state index contributed by atoms with van der Waals surface area (Å²) >= 11 is 1.42. The Morgan fingerprint density at radius 1 is 1.29 bits per heavy atom. The van der Waals surface area contributed by atoms with E-state index in [2.05, 4.69) is 27.9 Å². The zero-order chi connectivity index (χ0) is 16.5. The predicted molar refractivity (Wildman–Crippen MR) is 94.3 cm³/mol. The predicted octanol–water partition coefficient (Wildman–Crippen LogP) is 3.75. The standard InChI is InChI=1S/C18H16N4OS/c1-12-6-9-22(16-5-3-2-4-13(12)16)18(23)15-11-24-17(21-15)14-10-19-7-8-20-14/h2-5,7-8,10-12H,6,9H2,1H3/t12-/m1/s1. The molecule has 5 nitrogen and oxygen atoms in total. The number of amides is 1. The van der Waals surface area contributed by atoms with Crippen LogP contribution < -0.4 is 4.90 Å². The average Bonchev–Trinajstić information content (AvgIpc) is 3.13. The van der Waals surface area contributed by atoms with Gasteiger partial charge in [0, 0.05) is 30.0 Å². The average molecular weight is 336 g/mol. The van der Waals surface area contributed by atoms with Gasteiger partial charge in [0.05, 0.1) is 6.20 Å². The van der Waals surface area contributed by atoms with E-state index in [-0.39, 0.29) is 5.91 Å². The maximum Gasteiger partial charge on any atom is 0.277 e. The number of thiazole rings is 1. The third-order valence-corrected chi connectivity index (χ3v) is 5.16. The number of carbonyl (C=O) groups excluding carboxylic acids is 1. The molecule has 0 radical (unpaired) electrons. The van der Waals surface area contributed by atoms with E-state index < -0.39 is 0 Å². The fourth-order valence-electron chi connectivity index (χ4n) is 3.00. The van der Waals surface area contributed by atoms with Gasteiger partial charge in [0.2, 0.25) is 0 Å². The molecule has 1 aliphatic rings. The van der Waals surface area contributed by atoms with Crippen LogP contribution in [0.4, 0.5) is 5.69 Å². The van der Waals surface area contributed by atoms with Crippen molar-refractivity contribution < 1.29 is 4.79 Å². The van der Waals surface area contributed by atoms with Gasteiger partial charge in [-0.2, -0.15) is 0 Å². The number of fused-ring (bicyclic) bond motifs is 1. The summed E-state index contributed by atoms with van der Waals surface area (Å²) in [6.07, 6.45) is 5.87. The van der Waals surface area contributed by atoms with Crippen molar-refractivity contribution in [3.63, 3.8) is 0 Å². The molecule has 1 amide bonds. The highest BCUT2D eigenvalue weighted by atomic mass is 32.1. The Morgan fingerprint density at radius 3 is 3.00 bits per heavy atom. The summed E-state index contributed by atoms with van der Waals surface area (Å²) in [6.45, 7) is 2.92. The van der Waals surface area contributed by atoms with Gasteiger partial charge in [-0.3, -0.25) is 14.8 Å². The van der Waals surface area contributed by atoms with E-state index in [0.29, 0.717) is 22.3 Å². The Kier molecular flexibility index (Phi) is 3.82. The first-order chi connectivity index (χ1) is 11.7. The van der Waals surface area contributed by atoms with E-state index in [4.69, 9.17) is 0 Å². The van der Waals surface area contributed by atoms with Crippen molar-refractivity contribution in [2.45, 2.75) is 19.3 Å². The minimum Gasteiger partial charge on any atom is -0.307 e. The monoisotopic (exact) mass is 336 g/mol. The molecule has 0 N–H and O–H groups in total. The molecule has 1 atom stereocenters. The van der Waals surface area contributed by atoms with Crippen LogP contribution in [0.5, 0.6) is 0 Å². The molecule has 3 heterocycles.